The Labute approximate surface area is 188 Å². The van der Waals surface area contributed by atoms with Gasteiger partial charge >= 0.3 is 6.09 Å². The molecule has 0 aliphatic carbocycles. The molecule has 0 radical (unpaired) electrons. The second-order valence-corrected chi connectivity index (χ2v) is 11.5. The van der Waals surface area contributed by atoms with E-state index in [1.165, 1.54) is 17.9 Å². The lowest BCUT2D eigenvalue weighted by Crippen LogP contribution is -2.45. The van der Waals surface area contributed by atoms with E-state index in [0.717, 1.165) is 49.6 Å². The summed E-state index contributed by atoms with van der Waals surface area (Å²) < 4.78 is 32.5. The summed E-state index contributed by atoms with van der Waals surface area (Å²) in [5.74, 6) is 2.01. The second-order valence-electron chi connectivity index (χ2n) is 8.35. The van der Waals surface area contributed by atoms with Crippen molar-refractivity contribution in [3.8, 4) is 0 Å². The minimum Gasteiger partial charge on any atom is -0.442 e. The van der Waals surface area contributed by atoms with Gasteiger partial charge in [-0.15, -0.1) is 0 Å². The summed E-state index contributed by atoms with van der Waals surface area (Å²) in [7, 11) is -0.756. The molecule has 3 saturated heterocycles. The number of ether oxygens (including phenoxy) is 1. The van der Waals surface area contributed by atoms with Crippen LogP contribution in [-0.2, 0) is 20.3 Å². The first-order valence-electron chi connectivity index (χ1n) is 10.6. The number of rotatable bonds is 4. The number of nitrogens with one attached hydrogen (secondary N) is 1. The normalized spacial score (nSPS) is 25.9. The number of anilines is 2. The summed E-state index contributed by atoms with van der Waals surface area (Å²) >= 11 is 1.94. The lowest BCUT2D eigenvalue weighted by atomic mass is 9.97. The van der Waals surface area contributed by atoms with Crippen molar-refractivity contribution in [1.29, 1.82) is 0 Å². The van der Waals surface area contributed by atoms with Gasteiger partial charge in [-0.25, -0.2) is 9.18 Å². The Morgan fingerprint density at radius 1 is 1.39 bits per heavy atom. The largest absolute Gasteiger partial charge is 0.442 e. The molecule has 31 heavy (non-hydrogen) atoms. The molecule has 2 amide bonds. The van der Waals surface area contributed by atoms with E-state index in [1.54, 1.807) is 12.1 Å². The molecule has 2 atom stereocenters. The molecule has 1 aromatic carbocycles. The van der Waals surface area contributed by atoms with Crippen molar-refractivity contribution in [3.05, 3.63) is 24.0 Å². The molecule has 1 spiro atoms. The fourth-order valence-corrected chi connectivity index (χ4v) is 7.97. The molecule has 1 aromatic rings. The molecule has 3 fully saturated rings. The number of thioether (sulfide) groups is 1. The van der Waals surface area contributed by atoms with Gasteiger partial charge in [0, 0.05) is 47.1 Å². The number of halogens is 1. The maximum absolute atomic E-state index is 15.0. The van der Waals surface area contributed by atoms with Crippen LogP contribution in [0.4, 0.5) is 20.6 Å². The van der Waals surface area contributed by atoms with Gasteiger partial charge in [0.05, 0.1) is 24.5 Å². The topological polar surface area (TPSA) is 79.0 Å². The van der Waals surface area contributed by atoms with Crippen LogP contribution >= 0.6 is 11.8 Å². The van der Waals surface area contributed by atoms with Crippen molar-refractivity contribution in [1.82, 2.24) is 5.32 Å². The Bertz CT molecular complexity index is 876. The second kappa shape index (κ2) is 9.36. The summed E-state index contributed by atoms with van der Waals surface area (Å²) in [6.07, 6.45) is 1.80. The van der Waals surface area contributed by atoms with Crippen molar-refractivity contribution in [2.24, 2.45) is 0 Å². The molecule has 4 rings (SSSR count). The maximum Gasteiger partial charge on any atom is 0.414 e. The number of amides is 2. The summed E-state index contributed by atoms with van der Waals surface area (Å²) in [6, 6.07) is 4.83. The number of carbonyl (C=O) groups is 2. The van der Waals surface area contributed by atoms with E-state index >= 15 is 0 Å². The molecule has 1 N–H and O–H groups in total. The van der Waals surface area contributed by atoms with Crippen LogP contribution in [-0.4, -0.2) is 70.5 Å². The van der Waals surface area contributed by atoms with E-state index in [-0.39, 0.29) is 29.6 Å². The Kier molecular flexibility index (Phi) is 6.76. The number of benzene rings is 1. The van der Waals surface area contributed by atoms with Gasteiger partial charge in [0.2, 0.25) is 5.91 Å². The fourth-order valence-electron chi connectivity index (χ4n) is 4.38. The number of hydrogen-bond acceptors (Lipinski definition) is 6. The van der Waals surface area contributed by atoms with Crippen LogP contribution in [0.3, 0.4) is 0 Å². The van der Waals surface area contributed by atoms with Gasteiger partial charge in [-0.3, -0.25) is 13.9 Å². The van der Waals surface area contributed by atoms with E-state index in [0.29, 0.717) is 11.4 Å². The van der Waals surface area contributed by atoms with Crippen molar-refractivity contribution in [2.75, 3.05) is 53.2 Å². The zero-order chi connectivity index (χ0) is 22.0. The Morgan fingerprint density at radius 3 is 2.87 bits per heavy atom. The molecule has 0 saturated carbocycles. The highest BCUT2D eigenvalue weighted by atomic mass is 32.2. The smallest absolute Gasteiger partial charge is 0.414 e. The highest BCUT2D eigenvalue weighted by molar-refractivity contribution is 8.01. The van der Waals surface area contributed by atoms with Gasteiger partial charge in [-0.2, -0.15) is 11.8 Å². The van der Waals surface area contributed by atoms with Gasteiger partial charge in [-0.05, 0) is 43.2 Å². The van der Waals surface area contributed by atoms with E-state index in [1.807, 2.05) is 16.7 Å². The molecule has 7 nitrogen and oxygen atoms in total. The first-order chi connectivity index (χ1) is 14.8. The van der Waals surface area contributed by atoms with Gasteiger partial charge < -0.3 is 15.0 Å². The van der Waals surface area contributed by atoms with Crippen LogP contribution < -0.4 is 15.1 Å². The van der Waals surface area contributed by atoms with Gasteiger partial charge in [-0.1, -0.05) is 0 Å². The minimum atomic E-state index is -0.756. The monoisotopic (exact) mass is 469 g/mol. The molecule has 2 unspecified atom stereocenters. The molecular weight excluding hydrogens is 441 g/mol. The Morgan fingerprint density at radius 2 is 2.16 bits per heavy atom. The molecule has 3 aliphatic rings. The van der Waals surface area contributed by atoms with Crippen LogP contribution in [0, 0.1) is 5.82 Å². The predicted octanol–water partition coefficient (Wildman–Crippen LogP) is 2.51. The lowest BCUT2D eigenvalue weighted by Gasteiger charge is -2.41. The average molecular weight is 470 g/mol. The molecule has 10 heteroatoms. The SMILES string of the molecule is CC(=O)NCC1CN(c2ccc(N3CCC4(CC3)CS(=O)CCCS4)c(F)c2)C(=O)O1. The zero-order valence-electron chi connectivity index (χ0n) is 17.6. The summed E-state index contributed by atoms with van der Waals surface area (Å²) in [4.78, 5) is 26.7. The third kappa shape index (κ3) is 5.16. The van der Waals surface area contributed by atoms with Crippen LogP contribution in [0.5, 0.6) is 0 Å². The third-order valence-corrected chi connectivity index (χ3v) is 9.52. The van der Waals surface area contributed by atoms with Crippen molar-refractivity contribution < 1.29 is 22.9 Å². The van der Waals surface area contributed by atoms with Gasteiger partial charge in [0.15, 0.2) is 0 Å². The van der Waals surface area contributed by atoms with E-state index in [9.17, 15) is 18.2 Å². The summed E-state index contributed by atoms with van der Waals surface area (Å²) in [5.41, 5.74) is 0.973. The molecule has 3 heterocycles. The Balaban J connectivity index is 1.40. The number of nitrogens with zero attached hydrogens (tertiary/aromatic N) is 2. The maximum atomic E-state index is 15.0. The van der Waals surface area contributed by atoms with Crippen LogP contribution in [0.1, 0.15) is 26.2 Å². The quantitative estimate of drug-likeness (QED) is 0.730. The van der Waals surface area contributed by atoms with Crippen LogP contribution in [0.25, 0.3) is 0 Å². The molecule has 0 aromatic heterocycles. The standard InChI is InChI=1S/C21H28FN3O4S2/c1-15(26)23-12-17-13-25(20(27)29-17)16-3-4-19(18(22)11-16)24-7-5-21(6-8-24)14-31(28)10-2-9-30-21/h3-4,11,17H,2,5-10,12-14H2,1H3,(H,23,26). The molecule has 170 valence electrons. The minimum absolute atomic E-state index is 0.0521. The highest BCUT2D eigenvalue weighted by Crippen LogP contribution is 2.41. The first kappa shape index (κ1) is 22.4. The van der Waals surface area contributed by atoms with Crippen LogP contribution in [0.15, 0.2) is 18.2 Å². The van der Waals surface area contributed by atoms with E-state index < -0.39 is 23.0 Å². The van der Waals surface area contributed by atoms with Crippen molar-refractivity contribution in [3.63, 3.8) is 0 Å². The zero-order valence-corrected chi connectivity index (χ0v) is 19.2. The van der Waals surface area contributed by atoms with E-state index in [4.69, 9.17) is 4.74 Å². The first-order valence-corrected chi connectivity index (χ1v) is 13.1. The summed E-state index contributed by atoms with van der Waals surface area (Å²) in [6.45, 7) is 3.35. The number of piperidine rings is 1. The fraction of sp³-hybridized carbons (Fsp3) is 0.619. The summed E-state index contributed by atoms with van der Waals surface area (Å²) in [5, 5.41) is 2.63. The molecule has 0 bridgehead atoms. The highest BCUT2D eigenvalue weighted by Gasteiger charge is 2.38. The number of cyclic esters (lactones) is 1. The predicted molar refractivity (Wildman–Crippen MR) is 122 cm³/mol. The van der Waals surface area contributed by atoms with Crippen LogP contribution in [0.2, 0.25) is 0 Å². The average Bonchev–Trinajstić information content (AvgIpc) is 3.01. The van der Waals surface area contributed by atoms with Crippen molar-refractivity contribution in [2.45, 2.75) is 37.0 Å². The number of hydrogen-bond donors (Lipinski definition) is 1. The molecule has 3 aliphatic heterocycles. The lowest BCUT2D eigenvalue weighted by molar-refractivity contribution is -0.119. The van der Waals surface area contributed by atoms with Gasteiger partial charge in [0.1, 0.15) is 11.9 Å². The molecular formula is C21H28FN3O4S2. The number of carbonyl (C=O) groups excluding carboxylic acids is 2. The van der Waals surface area contributed by atoms with E-state index in [2.05, 4.69) is 5.32 Å². The third-order valence-electron chi connectivity index (χ3n) is 6.06. The Hall–Kier alpha value is -1.81. The van der Waals surface area contributed by atoms with Crippen molar-refractivity contribution >= 4 is 45.9 Å². The van der Waals surface area contributed by atoms with Gasteiger partial charge in [0.25, 0.3) is 0 Å².